The molecule has 0 fully saturated rings. The Hall–Kier alpha value is -5.32. The zero-order valence-electron chi connectivity index (χ0n) is 24.5. The molecule has 0 spiro atoms. The molecule has 4 aromatic carbocycles. The number of benzene rings is 4. The molecule has 0 unspecified atom stereocenters. The van der Waals surface area contributed by atoms with Gasteiger partial charge in [0.25, 0.3) is 10.1 Å². The van der Waals surface area contributed by atoms with Crippen molar-refractivity contribution in [3.05, 3.63) is 54.6 Å². The van der Waals surface area contributed by atoms with E-state index < -0.39 is 26.5 Å². The Labute approximate surface area is 257 Å². The number of carbonyl (C=O) groups excluding carboxylic acids is 1. The normalized spacial score (nSPS) is 11.7. The number of nitrogens with zero attached hydrogens (tertiary/aromatic N) is 4. The van der Waals surface area contributed by atoms with Crippen molar-refractivity contribution in [3.8, 4) is 28.7 Å². The van der Waals surface area contributed by atoms with Crippen molar-refractivity contribution >= 4 is 55.2 Å². The van der Waals surface area contributed by atoms with Crippen LogP contribution < -0.4 is 24.3 Å². The summed E-state index contributed by atoms with van der Waals surface area (Å²) in [7, 11) is -0.651. The number of ether oxygens (including phenoxy) is 4. The maximum atomic E-state index is 12.3. The molecular formula is C29H29N5O10S. The first kappa shape index (κ1) is 32.6. The zero-order valence-corrected chi connectivity index (χ0v) is 25.3. The molecule has 0 aliphatic heterocycles. The number of hydrogen-bond acceptors (Lipinski definition) is 13. The minimum Gasteiger partial charge on any atom is -0.505 e. The number of anilines is 1. The molecule has 0 aliphatic carbocycles. The highest BCUT2D eigenvalue weighted by Gasteiger charge is 2.23. The predicted molar refractivity (Wildman–Crippen MR) is 163 cm³/mol. The molecule has 0 aliphatic rings. The zero-order chi connectivity index (χ0) is 32.7. The standard InChI is InChI=1S/C29H29N5O10S/c1-16(36)30-18-5-7-20-17(11-18)12-27(45(38,39)40)28(29(20)37)34-33-23-15-24(42-3)22(14-25(23)43-4)32-31-21-8-6-19(41-2)13-26(21)44-10-9-35/h5-8,11-15,35,37H,9-10H2,1-4H3,(H,30,36)(H,38,39,40). The van der Waals surface area contributed by atoms with Gasteiger partial charge >= 0.3 is 0 Å². The maximum absolute atomic E-state index is 12.3. The SMILES string of the molecule is COc1ccc(N=Nc2cc(OC)c(N=Nc3c(S(=O)(=O)O)cc4cc(NC(C)=O)ccc4c3O)cc2OC)c(OCCO)c1. The fourth-order valence-electron chi connectivity index (χ4n) is 4.13. The van der Waals surface area contributed by atoms with Crippen LogP contribution in [0.1, 0.15) is 6.92 Å². The molecule has 4 rings (SSSR count). The Morgan fingerprint density at radius 3 is 2.04 bits per heavy atom. The van der Waals surface area contributed by atoms with Crippen LogP contribution in [0.4, 0.5) is 28.4 Å². The first-order chi connectivity index (χ1) is 21.5. The largest absolute Gasteiger partial charge is 0.505 e. The smallest absolute Gasteiger partial charge is 0.296 e. The minimum absolute atomic E-state index is 0.0245. The summed E-state index contributed by atoms with van der Waals surface area (Å²) in [6.45, 7) is 1.12. The van der Waals surface area contributed by atoms with Crippen molar-refractivity contribution in [2.75, 3.05) is 39.9 Å². The molecule has 45 heavy (non-hydrogen) atoms. The van der Waals surface area contributed by atoms with Crippen molar-refractivity contribution in [1.29, 1.82) is 0 Å². The van der Waals surface area contributed by atoms with Crippen LogP contribution in [0.15, 0.2) is 79.9 Å². The molecule has 1 amide bonds. The molecule has 16 heteroatoms. The topological polar surface area (TPSA) is 210 Å². The number of hydrogen-bond donors (Lipinski definition) is 4. The maximum Gasteiger partial charge on any atom is 0.296 e. The van der Waals surface area contributed by atoms with Gasteiger partial charge in [-0.1, -0.05) is 0 Å². The number of phenolic OH excluding ortho intramolecular Hbond substituents is 1. The van der Waals surface area contributed by atoms with E-state index in [4.69, 9.17) is 24.1 Å². The van der Waals surface area contributed by atoms with Gasteiger partial charge in [0.15, 0.2) is 11.5 Å². The molecule has 0 saturated heterocycles. The highest BCUT2D eigenvalue weighted by Crippen LogP contribution is 2.45. The van der Waals surface area contributed by atoms with Gasteiger partial charge in [0.1, 0.15) is 51.5 Å². The van der Waals surface area contributed by atoms with Crippen LogP contribution in [0.2, 0.25) is 0 Å². The first-order valence-electron chi connectivity index (χ1n) is 13.0. The number of rotatable bonds is 12. The number of azo groups is 2. The van der Waals surface area contributed by atoms with Crippen LogP contribution in [0.3, 0.4) is 0 Å². The average molecular weight is 640 g/mol. The van der Waals surface area contributed by atoms with E-state index in [1.165, 1.54) is 58.6 Å². The third-order valence-corrected chi connectivity index (χ3v) is 7.04. The Balaban J connectivity index is 1.76. The van der Waals surface area contributed by atoms with E-state index in [-0.39, 0.29) is 52.8 Å². The van der Waals surface area contributed by atoms with Crippen LogP contribution in [-0.2, 0) is 14.9 Å². The summed E-state index contributed by atoms with van der Waals surface area (Å²) in [6.07, 6.45) is 0. The van der Waals surface area contributed by atoms with Gasteiger partial charge in [-0.15, -0.1) is 20.5 Å². The van der Waals surface area contributed by atoms with Crippen LogP contribution in [0.5, 0.6) is 28.7 Å². The molecule has 236 valence electrons. The highest BCUT2D eigenvalue weighted by molar-refractivity contribution is 7.86. The lowest BCUT2D eigenvalue weighted by atomic mass is 10.1. The second-order valence-electron chi connectivity index (χ2n) is 9.17. The van der Waals surface area contributed by atoms with Gasteiger partial charge in [0.05, 0.1) is 27.9 Å². The van der Waals surface area contributed by atoms with Crippen LogP contribution in [-0.4, -0.2) is 63.6 Å². The quantitative estimate of drug-likeness (QED) is 0.105. The summed E-state index contributed by atoms with van der Waals surface area (Å²) in [5, 5.41) is 39.6. The third-order valence-electron chi connectivity index (χ3n) is 6.17. The number of fused-ring (bicyclic) bond motifs is 1. The van der Waals surface area contributed by atoms with Crippen molar-refractivity contribution in [1.82, 2.24) is 0 Å². The summed E-state index contributed by atoms with van der Waals surface area (Å²) in [4.78, 5) is 10.7. The monoisotopic (exact) mass is 639 g/mol. The van der Waals surface area contributed by atoms with Gasteiger partial charge in [-0.2, -0.15) is 8.42 Å². The van der Waals surface area contributed by atoms with Crippen molar-refractivity contribution in [3.63, 3.8) is 0 Å². The summed E-state index contributed by atoms with van der Waals surface area (Å²) in [5.74, 6) is 0.221. The predicted octanol–water partition coefficient (Wildman–Crippen LogP) is 5.98. The van der Waals surface area contributed by atoms with Gasteiger partial charge in [-0.25, -0.2) is 0 Å². The number of phenols is 1. The van der Waals surface area contributed by atoms with Gasteiger partial charge in [-0.3, -0.25) is 9.35 Å². The second kappa shape index (κ2) is 14.0. The average Bonchev–Trinajstić information content (AvgIpc) is 3.01. The van der Waals surface area contributed by atoms with E-state index in [1.807, 2.05) is 0 Å². The molecule has 0 radical (unpaired) electrons. The fraction of sp³-hybridized carbons (Fsp3) is 0.207. The van der Waals surface area contributed by atoms with E-state index in [0.29, 0.717) is 22.9 Å². The second-order valence-corrected chi connectivity index (χ2v) is 10.6. The molecular weight excluding hydrogens is 610 g/mol. The van der Waals surface area contributed by atoms with Gasteiger partial charge in [0.2, 0.25) is 5.91 Å². The van der Waals surface area contributed by atoms with Gasteiger partial charge in [-0.05, 0) is 41.8 Å². The number of aliphatic hydroxyl groups is 1. The van der Waals surface area contributed by atoms with E-state index in [9.17, 15) is 22.9 Å². The summed E-state index contributed by atoms with van der Waals surface area (Å²) in [5.41, 5.74) is 0.436. The molecule has 0 atom stereocenters. The third kappa shape index (κ3) is 7.61. The van der Waals surface area contributed by atoms with Gasteiger partial charge in [0, 0.05) is 36.2 Å². The van der Waals surface area contributed by atoms with E-state index in [2.05, 4.69) is 25.8 Å². The number of aromatic hydroxyl groups is 1. The molecule has 0 heterocycles. The summed E-state index contributed by atoms with van der Waals surface area (Å²) >= 11 is 0. The van der Waals surface area contributed by atoms with Crippen LogP contribution >= 0.6 is 0 Å². The fourth-order valence-corrected chi connectivity index (χ4v) is 4.79. The van der Waals surface area contributed by atoms with Gasteiger partial charge < -0.3 is 34.5 Å². The minimum atomic E-state index is -4.89. The molecule has 0 bridgehead atoms. The lowest BCUT2D eigenvalue weighted by molar-refractivity contribution is -0.114. The number of aliphatic hydroxyl groups excluding tert-OH is 1. The molecule has 4 N–H and O–H groups in total. The number of methoxy groups -OCH3 is 3. The van der Waals surface area contributed by atoms with Crippen molar-refractivity contribution in [2.24, 2.45) is 20.5 Å². The Morgan fingerprint density at radius 1 is 0.822 bits per heavy atom. The Morgan fingerprint density at radius 2 is 1.47 bits per heavy atom. The number of amides is 1. The van der Waals surface area contributed by atoms with Crippen molar-refractivity contribution in [2.45, 2.75) is 11.8 Å². The van der Waals surface area contributed by atoms with Crippen LogP contribution in [0, 0.1) is 0 Å². The van der Waals surface area contributed by atoms with E-state index in [1.54, 1.807) is 18.2 Å². The van der Waals surface area contributed by atoms with E-state index in [0.717, 1.165) is 6.07 Å². The van der Waals surface area contributed by atoms with E-state index >= 15 is 0 Å². The molecule has 0 saturated carbocycles. The number of nitrogens with one attached hydrogen (secondary N) is 1. The van der Waals surface area contributed by atoms with Crippen LogP contribution in [0.25, 0.3) is 10.8 Å². The first-order valence-corrected chi connectivity index (χ1v) is 14.5. The molecule has 15 nitrogen and oxygen atoms in total. The summed E-state index contributed by atoms with van der Waals surface area (Å²) in [6, 6.07) is 13.2. The lowest BCUT2D eigenvalue weighted by Crippen LogP contribution is -2.05. The molecule has 0 aromatic heterocycles. The Kier molecular flexibility index (Phi) is 10.1. The van der Waals surface area contributed by atoms with Crippen molar-refractivity contribution < 1.29 is 46.9 Å². The lowest BCUT2D eigenvalue weighted by Gasteiger charge is -2.12. The molecule has 4 aromatic rings. The summed E-state index contributed by atoms with van der Waals surface area (Å²) < 4.78 is 56.1. The number of carbonyl (C=O) groups is 1. The highest BCUT2D eigenvalue weighted by atomic mass is 32.2. The Bertz CT molecular complexity index is 1910.